The second-order valence-electron chi connectivity index (χ2n) is 5.25. The molecular formula is C14H19NO4S. The van der Waals surface area contributed by atoms with Crippen molar-refractivity contribution in [3.8, 4) is 0 Å². The number of rotatable bonds is 4. The van der Waals surface area contributed by atoms with E-state index in [0.717, 1.165) is 19.3 Å². The van der Waals surface area contributed by atoms with Gasteiger partial charge >= 0.3 is 5.97 Å². The number of benzene rings is 1. The molecule has 0 aromatic heterocycles. The van der Waals surface area contributed by atoms with E-state index in [1.54, 1.807) is 0 Å². The topological polar surface area (TPSA) is 72.5 Å². The van der Waals surface area contributed by atoms with Gasteiger partial charge in [0, 0.05) is 6.04 Å². The third-order valence-electron chi connectivity index (χ3n) is 3.60. The van der Waals surface area contributed by atoms with Crippen molar-refractivity contribution in [1.29, 1.82) is 0 Å². The predicted molar refractivity (Wildman–Crippen MR) is 74.9 cm³/mol. The van der Waals surface area contributed by atoms with E-state index < -0.39 is 16.0 Å². The first-order valence-corrected chi connectivity index (χ1v) is 8.11. The molecule has 20 heavy (non-hydrogen) atoms. The van der Waals surface area contributed by atoms with Crippen molar-refractivity contribution in [2.24, 2.45) is 5.92 Å². The lowest BCUT2D eigenvalue weighted by Crippen LogP contribution is -2.32. The number of carbonyl (C=O) groups excluding carboxylic acids is 1. The van der Waals surface area contributed by atoms with E-state index in [1.165, 1.54) is 31.4 Å². The Morgan fingerprint density at radius 1 is 1.25 bits per heavy atom. The van der Waals surface area contributed by atoms with Crippen LogP contribution in [0.15, 0.2) is 29.2 Å². The quantitative estimate of drug-likeness (QED) is 0.862. The molecule has 1 saturated carbocycles. The van der Waals surface area contributed by atoms with Crippen molar-refractivity contribution in [2.45, 2.75) is 37.1 Å². The van der Waals surface area contributed by atoms with E-state index in [4.69, 9.17) is 0 Å². The van der Waals surface area contributed by atoms with Crippen LogP contribution in [-0.2, 0) is 14.8 Å². The van der Waals surface area contributed by atoms with Gasteiger partial charge in [-0.25, -0.2) is 17.9 Å². The fourth-order valence-electron chi connectivity index (χ4n) is 2.49. The minimum Gasteiger partial charge on any atom is -0.465 e. The molecule has 0 aliphatic heterocycles. The maximum atomic E-state index is 12.2. The summed E-state index contributed by atoms with van der Waals surface area (Å²) in [6.07, 6.45) is 2.80. The Morgan fingerprint density at radius 2 is 1.90 bits per heavy atom. The molecule has 5 nitrogen and oxygen atoms in total. The Balaban J connectivity index is 2.11. The molecule has 2 rings (SSSR count). The van der Waals surface area contributed by atoms with Crippen molar-refractivity contribution in [3.63, 3.8) is 0 Å². The Bertz CT molecular complexity index is 580. The minimum absolute atomic E-state index is 0.00952. The average molecular weight is 297 g/mol. The van der Waals surface area contributed by atoms with Crippen molar-refractivity contribution < 1.29 is 17.9 Å². The second-order valence-corrected chi connectivity index (χ2v) is 6.97. The SMILES string of the molecule is COC(=O)c1ccc(S(=O)(=O)NC2CCC(C)C2)cc1. The summed E-state index contributed by atoms with van der Waals surface area (Å²) in [5.74, 6) is 0.0796. The van der Waals surface area contributed by atoms with Crippen LogP contribution in [0.25, 0.3) is 0 Å². The normalized spacial score (nSPS) is 22.7. The minimum atomic E-state index is -3.52. The summed E-state index contributed by atoms with van der Waals surface area (Å²) in [6.45, 7) is 2.12. The summed E-state index contributed by atoms with van der Waals surface area (Å²) in [7, 11) is -2.23. The molecule has 6 heteroatoms. The van der Waals surface area contributed by atoms with Crippen LogP contribution in [0.2, 0.25) is 0 Å². The van der Waals surface area contributed by atoms with Crippen LogP contribution in [0, 0.1) is 5.92 Å². The first-order valence-electron chi connectivity index (χ1n) is 6.63. The fourth-order valence-corrected chi connectivity index (χ4v) is 3.77. The molecule has 1 fully saturated rings. The Labute approximate surface area is 119 Å². The monoisotopic (exact) mass is 297 g/mol. The lowest BCUT2D eigenvalue weighted by Gasteiger charge is -2.13. The van der Waals surface area contributed by atoms with Crippen LogP contribution in [0.5, 0.6) is 0 Å². The van der Waals surface area contributed by atoms with Crippen LogP contribution in [0.1, 0.15) is 36.5 Å². The zero-order chi connectivity index (χ0) is 14.8. The first kappa shape index (κ1) is 15.0. The molecule has 2 unspecified atom stereocenters. The average Bonchev–Trinajstić information content (AvgIpc) is 2.82. The van der Waals surface area contributed by atoms with Crippen molar-refractivity contribution in [2.75, 3.05) is 7.11 Å². The molecule has 0 saturated heterocycles. The first-order chi connectivity index (χ1) is 9.42. The zero-order valence-electron chi connectivity index (χ0n) is 11.6. The van der Waals surface area contributed by atoms with E-state index in [9.17, 15) is 13.2 Å². The lowest BCUT2D eigenvalue weighted by molar-refractivity contribution is 0.0600. The van der Waals surface area contributed by atoms with E-state index in [-0.39, 0.29) is 10.9 Å². The number of esters is 1. The Morgan fingerprint density at radius 3 is 2.40 bits per heavy atom. The molecule has 2 atom stereocenters. The van der Waals surface area contributed by atoms with E-state index >= 15 is 0 Å². The Kier molecular flexibility index (Phi) is 4.45. The van der Waals surface area contributed by atoms with Gasteiger partial charge in [0.1, 0.15) is 0 Å². The van der Waals surface area contributed by atoms with Gasteiger partial charge in [0.25, 0.3) is 0 Å². The zero-order valence-corrected chi connectivity index (χ0v) is 12.4. The number of methoxy groups -OCH3 is 1. The highest BCUT2D eigenvalue weighted by atomic mass is 32.2. The molecule has 0 heterocycles. The van der Waals surface area contributed by atoms with Gasteiger partial charge in [0.2, 0.25) is 10.0 Å². The lowest BCUT2D eigenvalue weighted by atomic mass is 10.1. The predicted octanol–water partition coefficient (Wildman–Crippen LogP) is 1.94. The van der Waals surface area contributed by atoms with Gasteiger partial charge in [-0.1, -0.05) is 6.92 Å². The smallest absolute Gasteiger partial charge is 0.337 e. The number of carbonyl (C=O) groups is 1. The Hall–Kier alpha value is -1.40. The fraction of sp³-hybridized carbons (Fsp3) is 0.500. The van der Waals surface area contributed by atoms with Gasteiger partial charge in [0.05, 0.1) is 17.6 Å². The van der Waals surface area contributed by atoms with Gasteiger partial charge in [-0.3, -0.25) is 0 Å². The molecule has 1 aromatic carbocycles. The summed E-state index contributed by atoms with van der Waals surface area (Å²) in [5.41, 5.74) is 0.334. The second kappa shape index (κ2) is 5.93. The number of hydrogen-bond donors (Lipinski definition) is 1. The summed E-state index contributed by atoms with van der Waals surface area (Å²) < 4.78 is 31.7. The molecule has 1 N–H and O–H groups in total. The summed E-state index contributed by atoms with van der Waals surface area (Å²) in [6, 6.07) is 5.77. The van der Waals surface area contributed by atoms with Crippen molar-refractivity contribution in [1.82, 2.24) is 4.72 Å². The van der Waals surface area contributed by atoms with Crippen LogP contribution in [0.3, 0.4) is 0 Å². The molecule has 0 spiro atoms. The van der Waals surface area contributed by atoms with Gasteiger partial charge in [-0.15, -0.1) is 0 Å². The summed E-state index contributed by atoms with van der Waals surface area (Å²) >= 11 is 0. The number of ether oxygens (including phenoxy) is 1. The highest BCUT2D eigenvalue weighted by Crippen LogP contribution is 2.26. The molecule has 0 amide bonds. The van der Waals surface area contributed by atoms with E-state index in [2.05, 4.69) is 16.4 Å². The maximum Gasteiger partial charge on any atom is 0.337 e. The molecule has 1 aliphatic rings. The van der Waals surface area contributed by atoms with Crippen LogP contribution < -0.4 is 4.72 Å². The number of sulfonamides is 1. The van der Waals surface area contributed by atoms with Crippen LogP contribution in [0.4, 0.5) is 0 Å². The van der Waals surface area contributed by atoms with Crippen molar-refractivity contribution >= 4 is 16.0 Å². The highest BCUT2D eigenvalue weighted by molar-refractivity contribution is 7.89. The van der Waals surface area contributed by atoms with Gasteiger partial charge in [-0.2, -0.15) is 0 Å². The van der Waals surface area contributed by atoms with E-state index in [1.807, 2.05) is 0 Å². The summed E-state index contributed by atoms with van der Waals surface area (Å²) in [5, 5.41) is 0. The number of hydrogen-bond acceptors (Lipinski definition) is 4. The molecular weight excluding hydrogens is 278 g/mol. The van der Waals surface area contributed by atoms with E-state index in [0.29, 0.717) is 11.5 Å². The third kappa shape index (κ3) is 3.37. The molecule has 1 aliphatic carbocycles. The van der Waals surface area contributed by atoms with Gasteiger partial charge in [0.15, 0.2) is 0 Å². The highest BCUT2D eigenvalue weighted by Gasteiger charge is 2.26. The molecule has 0 radical (unpaired) electrons. The molecule has 1 aromatic rings. The van der Waals surface area contributed by atoms with Gasteiger partial charge < -0.3 is 4.74 Å². The largest absolute Gasteiger partial charge is 0.465 e. The van der Waals surface area contributed by atoms with Gasteiger partial charge in [-0.05, 0) is 49.4 Å². The third-order valence-corrected chi connectivity index (χ3v) is 5.14. The van der Waals surface area contributed by atoms with Crippen molar-refractivity contribution in [3.05, 3.63) is 29.8 Å². The maximum absolute atomic E-state index is 12.2. The number of nitrogens with one attached hydrogen (secondary N) is 1. The standard InChI is InChI=1S/C14H19NO4S/c1-10-3-6-12(9-10)15-20(17,18)13-7-4-11(5-8-13)14(16)19-2/h4-5,7-8,10,12,15H,3,6,9H2,1-2H3. The summed E-state index contributed by atoms with van der Waals surface area (Å²) in [4.78, 5) is 11.5. The molecule has 0 bridgehead atoms. The van der Waals surface area contributed by atoms with Crippen LogP contribution in [-0.4, -0.2) is 27.5 Å². The molecule has 110 valence electrons. The van der Waals surface area contributed by atoms with Crippen LogP contribution >= 0.6 is 0 Å².